The highest BCUT2D eigenvalue weighted by molar-refractivity contribution is 6.05. The Kier molecular flexibility index (Phi) is 5.58. The first-order valence-corrected chi connectivity index (χ1v) is 7.33. The lowest BCUT2D eigenvalue weighted by Gasteiger charge is -2.08. The number of carboxylic acid groups (broad SMARTS) is 1. The summed E-state index contributed by atoms with van der Waals surface area (Å²) in [5, 5.41) is 33.0. The summed E-state index contributed by atoms with van der Waals surface area (Å²) in [7, 11) is 0. The molecule has 0 heterocycles. The molecule has 2 rings (SSSR count). The number of amides is 1. The lowest BCUT2D eigenvalue weighted by molar-refractivity contribution is -0.385. The van der Waals surface area contributed by atoms with E-state index in [-0.39, 0.29) is 17.8 Å². The van der Waals surface area contributed by atoms with Gasteiger partial charge in [-0.2, -0.15) is 0 Å². The molecule has 0 bridgehead atoms. The Bertz CT molecular complexity index is 878. The highest BCUT2D eigenvalue weighted by atomic mass is 16.6. The maximum absolute atomic E-state index is 12.2. The molecule has 0 atom stereocenters. The van der Waals surface area contributed by atoms with E-state index in [0.717, 1.165) is 23.8 Å². The summed E-state index contributed by atoms with van der Waals surface area (Å²) >= 11 is 0. The number of nitrogens with zero attached hydrogens (tertiary/aromatic N) is 2. The fourth-order valence-corrected chi connectivity index (χ4v) is 2.22. The maximum atomic E-state index is 12.2. The minimum Gasteiger partial charge on any atom is -0.478 e. The van der Waals surface area contributed by atoms with E-state index in [2.05, 4.69) is 5.32 Å². The molecule has 1 amide bonds. The molecular weight excluding hydrogens is 346 g/mol. The molecule has 0 aliphatic heterocycles. The van der Waals surface area contributed by atoms with Gasteiger partial charge >= 0.3 is 5.97 Å². The number of nitro groups is 2. The Hall–Kier alpha value is -3.82. The van der Waals surface area contributed by atoms with Crippen molar-refractivity contribution in [1.82, 2.24) is 5.32 Å². The molecule has 0 unspecified atom stereocenters. The number of carboxylic acids is 1. The molecule has 0 aromatic heterocycles. The van der Waals surface area contributed by atoms with Crippen LogP contribution >= 0.6 is 0 Å². The SMILES string of the molecule is O=C(O)c1cc([N+](=O)[O-])ccc1C(=O)NCCc1ccc([N+](=O)[O-])cc1. The van der Waals surface area contributed by atoms with Gasteiger partial charge in [0, 0.05) is 30.8 Å². The summed E-state index contributed by atoms with van der Waals surface area (Å²) in [6.45, 7) is 0.159. The average Bonchev–Trinajstić information content (AvgIpc) is 2.61. The molecule has 0 fully saturated rings. The van der Waals surface area contributed by atoms with E-state index in [1.807, 2.05) is 0 Å². The number of nitro benzene ring substituents is 2. The average molecular weight is 359 g/mol. The van der Waals surface area contributed by atoms with Crippen LogP contribution < -0.4 is 5.32 Å². The molecule has 0 radical (unpaired) electrons. The molecule has 2 aromatic carbocycles. The van der Waals surface area contributed by atoms with Crippen molar-refractivity contribution in [2.45, 2.75) is 6.42 Å². The largest absolute Gasteiger partial charge is 0.478 e. The Morgan fingerprint density at radius 3 is 2.04 bits per heavy atom. The summed E-state index contributed by atoms with van der Waals surface area (Å²) in [6, 6.07) is 8.76. The minimum absolute atomic E-state index is 0.0465. The van der Waals surface area contributed by atoms with Gasteiger partial charge in [-0.3, -0.25) is 25.0 Å². The molecule has 0 aliphatic carbocycles. The third-order valence-corrected chi connectivity index (χ3v) is 3.54. The summed E-state index contributed by atoms with van der Waals surface area (Å²) in [5.74, 6) is -2.13. The third kappa shape index (κ3) is 4.38. The van der Waals surface area contributed by atoms with Gasteiger partial charge in [-0.15, -0.1) is 0 Å². The third-order valence-electron chi connectivity index (χ3n) is 3.54. The second-order valence-corrected chi connectivity index (χ2v) is 5.22. The van der Waals surface area contributed by atoms with E-state index >= 15 is 0 Å². The molecule has 0 saturated carbocycles. The molecule has 134 valence electrons. The number of benzene rings is 2. The fraction of sp³-hybridized carbons (Fsp3) is 0.125. The monoisotopic (exact) mass is 359 g/mol. The second kappa shape index (κ2) is 7.83. The molecule has 2 aromatic rings. The van der Waals surface area contributed by atoms with Crippen molar-refractivity contribution in [2.75, 3.05) is 6.54 Å². The predicted octanol–water partition coefficient (Wildman–Crippen LogP) is 2.17. The van der Waals surface area contributed by atoms with Crippen LogP contribution in [0.15, 0.2) is 42.5 Å². The van der Waals surface area contributed by atoms with Crippen molar-refractivity contribution in [3.63, 3.8) is 0 Å². The number of hydrogen-bond donors (Lipinski definition) is 2. The smallest absolute Gasteiger partial charge is 0.336 e. The van der Waals surface area contributed by atoms with E-state index in [9.17, 15) is 29.8 Å². The number of hydrogen-bond acceptors (Lipinski definition) is 6. The second-order valence-electron chi connectivity index (χ2n) is 5.22. The Balaban J connectivity index is 2.04. The van der Waals surface area contributed by atoms with Crippen LogP contribution in [0.5, 0.6) is 0 Å². The molecule has 0 spiro atoms. The van der Waals surface area contributed by atoms with Gasteiger partial charge in [-0.25, -0.2) is 4.79 Å². The number of aromatic carboxylic acids is 1. The quantitative estimate of drug-likeness (QED) is 0.567. The molecule has 10 nitrogen and oxygen atoms in total. The van der Waals surface area contributed by atoms with Crippen LogP contribution in [0.2, 0.25) is 0 Å². The van der Waals surface area contributed by atoms with Gasteiger partial charge < -0.3 is 10.4 Å². The number of rotatable bonds is 7. The van der Waals surface area contributed by atoms with Crippen molar-refractivity contribution in [2.24, 2.45) is 0 Å². The number of carbonyl (C=O) groups is 2. The number of carbonyl (C=O) groups excluding carboxylic acids is 1. The van der Waals surface area contributed by atoms with Gasteiger partial charge in [0.05, 0.1) is 21.0 Å². The molecular formula is C16H13N3O7. The van der Waals surface area contributed by atoms with Crippen LogP contribution in [0.4, 0.5) is 11.4 Å². The van der Waals surface area contributed by atoms with Crippen molar-refractivity contribution < 1.29 is 24.5 Å². The van der Waals surface area contributed by atoms with E-state index in [1.165, 1.54) is 12.1 Å². The van der Waals surface area contributed by atoms with Gasteiger partial charge in [-0.05, 0) is 18.1 Å². The van der Waals surface area contributed by atoms with Crippen LogP contribution in [0.25, 0.3) is 0 Å². The molecule has 2 N–H and O–H groups in total. The number of nitrogens with one attached hydrogen (secondary N) is 1. The van der Waals surface area contributed by atoms with E-state index < -0.39 is 33.0 Å². The lowest BCUT2D eigenvalue weighted by Crippen LogP contribution is -2.27. The Morgan fingerprint density at radius 1 is 0.923 bits per heavy atom. The van der Waals surface area contributed by atoms with Crippen LogP contribution in [0.3, 0.4) is 0 Å². The maximum Gasteiger partial charge on any atom is 0.336 e. The number of non-ortho nitro benzene ring substituents is 2. The standard InChI is InChI=1S/C16H13N3O7/c20-15(13-6-5-12(19(25)26)9-14(13)16(21)22)17-8-7-10-1-3-11(4-2-10)18(23)24/h1-6,9H,7-8H2,(H,17,20)(H,21,22). The molecule has 0 saturated heterocycles. The highest BCUT2D eigenvalue weighted by Gasteiger charge is 2.20. The zero-order valence-electron chi connectivity index (χ0n) is 13.2. The van der Waals surface area contributed by atoms with Gasteiger partial charge in [0.2, 0.25) is 0 Å². The van der Waals surface area contributed by atoms with E-state index in [4.69, 9.17) is 5.11 Å². The Labute approximate surface area is 146 Å². The van der Waals surface area contributed by atoms with Crippen LogP contribution in [0, 0.1) is 20.2 Å². The van der Waals surface area contributed by atoms with Crippen LogP contribution in [0.1, 0.15) is 26.3 Å². The summed E-state index contributed by atoms with van der Waals surface area (Å²) < 4.78 is 0. The first kappa shape index (κ1) is 18.5. The summed E-state index contributed by atoms with van der Waals surface area (Å²) in [5.41, 5.74) is -0.378. The topological polar surface area (TPSA) is 153 Å². The lowest BCUT2D eigenvalue weighted by atomic mass is 10.1. The minimum atomic E-state index is -1.45. The van der Waals surface area contributed by atoms with Crippen LogP contribution in [-0.2, 0) is 6.42 Å². The van der Waals surface area contributed by atoms with Gasteiger partial charge in [0.25, 0.3) is 17.3 Å². The molecule has 10 heteroatoms. The van der Waals surface area contributed by atoms with Crippen molar-refractivity contribution in [3.8, 4) is 0 Å². The first-order chi connectivity index (χ1) is 12.3. The van der Waals surface area contributed by atoms with Gasteiger partial charge in [0.15, 0.2) is 0 Å². The van der Waals surface area contributed by atoms with Crippen molar-refractivity contribution >= 4 is 23.3 Å². The van der Waals surface area contributed by atoms with Gasteiger partial charge in [-0.1, -0.05) is 12.1 Å². The highest BCUT2D eigenvalue weighted by Crippen LogP contribution is 2.18. The fourth-order valence-electron chi connectivity index (χ4n) is 2.22. The van der Waals surface area contributed by atoms with E-state index in [1.54, 1.807) is 12.1 Å². The zero-order valence-corrected chi connectivity index (χ0v) is 13.2. The zero-order chi connectivity index (χ0) is 19.3. The van der Waals surface area contributed by atoms with Crippen LogP contribution in [-0.4, -0.2) is 33.4 Å². The van der Waals surface area contributed by atoms with Gasteiger partial charge in [0.1, 0.15) is 0 Å². The first-order valence-electron chi connectivity index (χ1n) is 7.33. The normalized spacial score (nSPS) is 10.2. The Morgan fingerprint density at radius 2 is 1.50 bits per heavy atom. The molecule has 0 aliphatic rings. The van der Waals surface area contributed by atoms with E-state index in [0.29, 0.717) is 6.42 Å². The summed E-state index contributed by atoms with van der Waals surface area (Å²) in [4.78, 5) is 43.4. The summed E-state index contributed by atoms with van der Waals surface area (Å²) in [6.07, 6.45) is 0.374. The van der Waals surface area contributed by atoms with Crippen molar-refractivity contribution in [1.29, 1.82) is 0 Å². The predicted molar refractivity (Wildman–Crippen MR) is 89.2 cm³/mol. The molecule has 26 heavy (non-hydrogen) atoms. The van der Waals surface area contributed by atoms with Crippen molar-refractivity contribution in [3.05, 3.63) is 79.4 Å².